The first-order chi connectivity index (χ1) is 15.5. The van der Waals surface area contributed by atoms with Crippen molar-refractivity contribution >= 4 is 17.9 Å². The van der Waals surface area contributed by atoms with Crippen molar-refractivity contribution in [1.82, 2.24) is 15.5 Å². The van der Waals surface area contributed by atoms with Gasteiger partial charge in [0.15, 0.2) is 0 Å². The molecule has 0 saturated heterocycles. The lowest BCUT2D eigenvalue weighted by Crippen LogP contribution is -2.58. The van der Waals surface area contributed by atoms with Gasteiger partial charge in [-0.25, -0.2) is 4.79 Å². The number of hydrogen-bond acceptors (Lipinski definition) is 5. The Labute approximate surface area is 196 Å². The molecule has 8 nitrogen and oxygen atoms in total. The first kappa shape index (κ1) is 26.2. The fourth-order valence-electron chi connectivity index (χ4n) is 3.65. The number of aliphatic hydroxyl groups excluding tert-OH is 1. The highest BCUT2D eigenvalue weighted by Gasteiger charge is 2.42. The van der Waals surface area contributed by atoms with Gasteiger partial charge in [0, 0.05) is 17.6 Å². The largest absolute Gasteiger partial charge is 0.444 e. The molecule has 1 aliphatic rings. The zero-order valence-electron chi connectivity index (χ0n) is 20.1. The van der Waals surface area contributed by atoms with E-state index in [0.29, 0.717) is 24.0 Å². The van der Waals surface area contributed by atoms with Gasteiger partial charge >= 0.3 is 6.09 Å². The third-order valence-corrected chi connectivity index (χ3v) is 5.26. The molecule has 0 bridgehead atoms. The highest BCUT2D eigenvalue weighted by molar-refractivity contribution is 5.93. The zero-order valence-corrected chi connectivity index (χ0v) is 20.1. The van der Waals surface area contributed by atoms with Crippen molar-refractivity contribution in [3.63, 3.8) is 0 Å². The van der Waals surface area contributed by atoms with E-state index in [4.69, 9.17) is 11.2 Å². The normalized spacial score (nSPS) is 15.6. The second-order valence-corrected chi connectivity index (χ2v) is 9.51. The molecule has 33 heavy (non-hydrogen) atoms. The number of nitrogens with one attached hydrogen (secondary N) is 2. The lowest BCUT2D eigenvalue weighted by Gasteiger charge is -2.43. The molecular weight excluding hydrogens is 422 g/mol. The SMILES string of the molecule is C#Cc1ccccc1C(C(=O)NC(C)C)N(C(=O)C(CO)NC(=O)OC(C)(C)C)C1CCC1. The fourth-order valence-corrected chi connectivity index (χ4v) is 3.65. The van der Waals surface area contributed by atoms with E-state index < -0.39 is 36.3 Å². The molecule has 1 saturated carbocycles. The Morgan fingerprint density at radius 2 is 1.85 bits per heavy atom. The monoisotopic (exact) mass is 457 g/mol. The van der Waals surface area contributed by atoms with Crippen LogP contribution in [0.15, 0.2) is 24.3 Å². The quantitative estimate of drug-likeness (QED) is 0.520. The van der Waals surface area contributed by atoms with Gasteiger partial charge in [0.25, 0.3) is 0 Å². The number of hydrogen-bond donors (Lipinski definition) is 3. The number of amides is 3. The molecule has 0 heterocycles. The maximum atomic E-state index is 13.7. The van der Waals surface area contributed by atoms with Gasteiger partial charge in [0.05, 0.1) is 6.61 Å². The van der Waals surface area contributed by atoms with Crippen LogP contribution in [0.5, 0.6) is 0 Å². The van der Waals surface area contributed by atoms with Gasteiger partial charge in [-0.15, -0.1) is 6.42 Å². The van der Waals surface area contributed by atoms with Crippen molar-refractivity contribution < 1.29 is 24.2 Å². The number of rotatable bonds is 8. The van der Waals surface area contributed by atoms with Crippen molar-refractivity contribution in [2.45, 2.75) is 83.6 Å². The Morgan fingerprint density at radius 1 is 1.21 bits per heavy atom. The number of aliphatic hydroxyl groups is 1. The van der Waals surface area contributed by atoms with E-state index in [2.05, 4.69) is 16.6 Å². The average Bonchev–Trinajstić information content (AvgIpc) is 2.68. The van der Waals surface area contributed by atoms with Crippen LogP contribution in [0.25, 0.3) is 0 Å². The molecular formula is C25H35N3O5. The molecule has 0 aliphatic heterocycles. The Kier molecular flexibility index (Phi) is 8.89. The highest BCUT2D eigenvalue weighted by atomic mass is 16.6. The predicted octanol–water partition coefficient (Wildman–Crippen LogP) is 2.50. The molecule has 1 aromatic carbocycles. The average molecular weight is 458 g/mol. The van der Waals surface area contributed by atoms with E-state index in [-0.39, 0.29) is 18.0 Å². The van der Waals surface area contributed by atoms with E-state index in [9.17, 15) is 19.5 Å². The van der Waals surface area contributed by atoms with E-state index in [0.717, 1.165) is 6.42 Å². The van der Waals surface area contributed by atoms with Crippen molar-refractivity contribution in [3.05, 3.63) is 35.4 Å². The van der Waals surface area contributed by atoms with Crippen molar-refractivity contribution in [3.8, 4) is 12.3 Å². The van der Waals surface area contributed by atoms with Crippen LogP contribution in [-0.2, 0) is 14.3 Å². The van der Waals surface area contributed by atoms with Gasteiger partial charge in [0.2, 0.25) is 11.8 Å². The second-order valence-electron chi connectivity index (χ2n) is 9.51. The molecule has 1 aliphatic carbocycles. The van der Waals surface area contributed by atoms with Crippen LogP contribution in [0.2, 0.25) is 0 Å². The molecule has 1 aromatic rings. The molecule has 0 radical (unpaired) electrons. The van der Waals surface area contributed by atoms with Crippen molar-refractivity contribution in [2.75, 3.05) is 6.61 Å². The molecule has 3 amide bonds. The molecule has 0 aromatic heterocycles. The number of carbonyl (C=O) groups excluding carboxylic acids is 3. The lowest BCUT2D eigenvalue weighted by atomic mass is 9.87. The van der Waals surface area contributed by atoms with Gasteiger partial charge in [-0.2, -0.15) is 0 Å². The van der Waals surface area contributed by atoms with Gasteiger partial charge in [-0.05, 0) is 65.5 Å². The van der Waals surface area contributed by atoms with Gasteiger partial charge in [0.1, 0.15) is 17.7 Å². The number of terminal acetylenes is 1. The summed E-state index contributed by atoms with van der Waals surface area (Å²) in [4.78, 5) is 40.8. The second kappa shape index (κ2) is 11.2. The summed E-state index contributed by atoms with van der Waals surface area (Å²) in [5, 5.41) is 15.3. The minimum Gasteiger partial charge on any atom is -0.444 e. The summed E-state index contributed by atoms with van der Waals surface area (Å²) in [7, 11) is 0. The number of nitrogens with zero attached hydrogens (tertiary/aromatic N) is 1. The van der Waals surface area contributed by atoms with Crippen LogP contribution in [0.3, 0.4) is 0 Å². The minimum atomic E-state index is -1.27. The molecule has 3 N–H and O–H groups in total. The number of carbonyl (C=O) groups is 3. The zero-order chi connectivity index (χ0) is 24.8. The first-order valence-electron chi connectivity index (χ1n) is 11.3. The number of ether oxygens (including phenoxy) is 1. The van der Waals surface area contributed by atoms with Crippen molar-refractivity contribution in [2.24, 2.45) is 0 Å². The van der Waals surface area contributed by atoms with Crippen LogP contribution >= 0.6 is 0 Å². The van der Waals surface area contributed by atoms with E-state index in [1.807, 2.05) is 13.8 Å². The summed E-state index contributed by atoms with van der Waals surface area (Å²) in [6, 6.07) is 4.32. The number of alkyl carbamates (subject to hydrolysis) is 1. The van der Waals surface area contributed by atoms with E-state index in [1.54, 1.807) is 45.0 Å². The molecule has 2 atom stereocenters. The lowest BCUT2D eigenvalue weighted by molar-refractivity contribution is -0.148. The van der Waals surface area contributed by atoms with Crippen LogP contribution in [0, 0.1) is 12.3 Å². The summed E-state index contributed by atoms with van der Waals surface area (Å²) in [5.41, 5.74) is 0.248. The number of benzene rings is 1. The van der Waals surface area contributed by atoms with Gasteiger partial charge in [-0.1, -0.05) is 24.1 Å². The third-order valence-electron chi connectivity index (χ3n) is 5.26. The fraction of sp³-hybridized carbons (Fsp3) is 0.560. The Bertz CT molecular complexity index is 896. The molecule has 180 valence electrons. The molecule has 2 unspecified atom stereocenters. The summed E-state index contributed by atoms with van der Waals surface area (Å²) < 4.78 is 5.24. The summed E-state index contributed by atoms with van der Waals surface area (Å²) >= 11 is 0. The predicted molar refractivity (Wildman–Crippen MR) is 125 cm³/mol. The molecule has 1 fully saturated rings. The summed E-state index contributed by atoms with van der Waals surface area (Å²) in [6.07, 6.45) is 7.20. The van der Waals surface area contributed by atoms with Crippen LogP contribution in [-0.4, -0.2) is 58.2 Å². The van der Waals surface area contributed by atoms with Crippen LogP contribution in [0.1, 0.15) is 71.0 Å². The Morgan fingerprint density at radius 3 is 2.33 bits per heavy atom. The van der Waals surface area contributed by atoms with Crippen LogP contribution in [0.4, 0.5) is 4.79 Å². The first-order valence-corrected chi connectivity index (χ1v) is 11.3. The van der Waals surface area contributed by atoms with E-state index in [1.165, 1.54) is 4.90 Å². The summed E-state index contributed by atoms with van der Waals surface area (Å²) in [6.45, 7) is 8.12. The Hall–Kier alpha value is -3.05. The molecule has 0 spiro atoms. The highest BCUT2D eigenvalue weighted by Crippen LogP contribution is 2.34. The van der Waals surface area contributed by atoms with Crippen molar-refractivity contribution in [1.29, 1.82) is 0 Å². The topological polar surface area (TPSA) is 108 Å². The van der Waals surface area contributed by atoms with Crippen LogP contribution < -0.4 is 10.6 Å². The Balaban J connectivity index is 2.48. The molecule has 2 rings (SSSR count). The third kappa shape index (κ3) is 6.96. The maximum Gasteiger partial charge on any atom is 0.408 e. The molecule has 8 heteroatoms. The van der Waals surface area contributed by atoms with Gasteiger partial charge in [-0.3, -0.25) is 9.59 Å². The van der Waals surface area contributed by atoms with E-state index >= 15 is 0 Å². The van der Waals surface area contributed by atoms with Gasteiger partial charge < -0.3 is 25.4 Å². The smallest absolute Gasteiger partial charge is 0.408 e. The summed E-state index contributed by atoms with van der Waals surface area (Å²) in [5.74, 6) is 1.66. The minimum absolute atomic E-state index is 0.162. The standard InChI is InChI=1S/C25H35N3O5/c1-7-17-11-8-9-14-19(17)21(22(30)26-16(2)3)28(18-12-10-13-18)23(31)20(15-29)27-24(32)33-25(4,5)6/h1,8-9,11,14,16,18,20-21,29H,10,12-13,15H2,2-6H3,(H,26,30)(H,27,32). The maximum absolute atomic E-state index is 13.7.